The maximum atomic E-state index is 3.16. The first-order valence-corrected chi connectivity index (χ1v) is 4.88. The van der Waals surface area contributed by atoms with Crippen molar-refractivity contribution in [3.8, 4) is 0 Å². The van der Waals surface area contributed by atoms with Crippen LogP contribution in [0.3, 0.4) is 0 Å². The number of rotatable bonds is 0. The summed E-state index contributed by atoms with van der Waals surface area (Å²) in [5.41, 5.74) is 0. The first-order chi connectivity index (χ1) is 6.00. The largest absolute Gasteiger partial charge is 0.0885 e. The highest BCUT2D eigenvalue weighted by Crippen LogP contribution is 2.04. The zero-order valence-electron chi connectivity index (χ0n) is 7.63. The van der Waals surface area contributed by atoms with Crippen LogP contribution >= 0.6 is 0 Å². The first kappa shape index (κ1) is 9.31. The lowest BCUT2D eigenvalue weighted by Crippen LogP contribution is -1.74. The van der Waals surface area contributed by atoms with Gasteiger partial charge in [-0.2, -0.15) is 0 Å². The summed E-state index contributed by atoms with van der Waals surface area (Å²) in [5.74, 6) is 0. The van der Waals surface area contributed by atoms with Crippen LogP contribution in [0.5, 0.6) is 0 Å². The minimum absolute atomic E-state index is 1.13. The number of hydrogen-bond acceptors (Lipinski definition) is 0. The van der Waals surface area contributed by atoms with Gasteiger partial charge in [-0.3, -0.25) is 0 Å². The van der Waals surface area contributed by atoms with E-state index in [1.165, 1.54) is 32.1 Å². The molecule has 0 aromatic rings. The Labute approximate surface area is 75.7 Å². The minimum atomic E-state index is 1.13. The Bertz CT molecular complexity index is 172. The van der Waals surface area contributed by atoms with Crippen LogP contribution < -0.4 is 0 Å². The highest BCUT2D eigenvalue weighted by atomic mass is 13.9. The second kappa shape index (κ2) is 6.90. The van der Waals surface area contributed by atoms with Crippen molar-refractivity contribution in [3.63, 3.8) is 0 Å². The zero-order valence-corrected chi connectivity index (χ0v) is 7.63. The van der Waals surface area contributed by atoms with E-state index in [2.05, 4.69) is 30.4 Å². The SMILES string of the molecule is [C]1=C/CC/C=C/CCCC\C=C/1. The van der Waals surface area contributed by atoms with E-state index >= 15 is 0 Å². The molecule has 0 unspecified atom stereocenters. The smallest absolute Gasteiger partial charge is 0.0230 e. The van der Waals surface area contributed by atoms with Crippen molar-refractivity contribution in [2.24, 2.45) is 0 Å². The third-order valence-corrected chi connectivity index (χ3v) is 1.97. The van der Waals surface area contributed by atoms with Crippen molar-refractivity contribution in [3.05, 3.63) is 36.5 Å². The maximum absolute atomic E-state index is 3.16. The predicted octanol–water partition coefficient (Wildman–Crippen LogP) is 3.81. The monoisotopic (exact) mass is 161 g/mol. The van der Waals surface area contributed by atoms with Crippen LogP contribution in [0.25, 0.3) is 0 Å². The van der Waals surface area contributed by atoms with E-state index in [9.17, 15) is 0 Å². The Morgan fingerprint density at radius 3 is 2.42 bits per heavy atom. The Kier molecular flexibility index (Phi) is 5.35. The van der Waals surface area contributed by atoms with Crippen LogP contribution in [0.15, 0.2) is 30.4 Å². The van der Waals surface area contributed by atoms with E-state index in [4.69, 9.17) is 0 Å². The summed E-state index contributed by atoms with van der Waals surface area (Å²) >= 11 is 0. The van der Waals surface area contributed by atoms with Gasteiger partial charge in [0.2, 0.25) is 0 Å². The summed E-state index contributed by atoms with van der Waals surface area (Å²) in [6.45, 7) is 0. The van der Waals surface area contributed by atoms with Crippen molar-refractivity contribution in [1.82, 2.24) is 0 Å². The van der Waals surface area contributed by atoms with Crippen molar-refractivity contribution in [2.75, 3.05) is 0 Å². The summed E-state index contributed by atoms with van der Waals surface area (Å²) < 4.78 is 0. The van der Waals surface area contributed by atoms with E-state index in [0.29, 0.717) is 0 Å². The Hall–Kier alpha value is -0.780. The summed E-state index contributed by atoms with van der Waals surface area (Å²) in [6.07, 6.45) is 21.5. The molecule has 0 spiro atoms. The molecular formula is C12H17. The van der Waals surface area contributed by atoms with Gasteiger partial charge in [0, 0.05) is 0 Å². The molecule has 0 nitrogen and oxygen atoms in total. The first-order valence-electron chi connectivity index (χ1n) is 4.88. The third kappa shape index (κ3) is 4.95. The zero-order chi connectivity index (χ0) is 8.49. The van der Waals surface area contributed by atoms with Gasteiger partial charge >= 0.3 is 0 Å². The fourth-order valence-corrected chi connectivity index (χ4v) is 1.24. The van der Waals surface area contributed by atoms with Gasteiger partial charge in [0.15, 0.2) is 0 Å². The molecule has 0 saturated heterocycles. The van der Waals surface area contributed by atoms with Gasteiger partial charge in [-0.15, -0.1) is 0 Å². The summed E-state index contributed by atoms with van der Waals surface area (Å²) in [6, 6.07) is 0. The molecule has 1 aliphatic rings. The normalized spacial score (nSPS) is 28.0. The molecule has 0 aromatic heterocycles. The highest BCUT2D eigenvalue weighted by Gasteiger charge is 1.84. The van der Waals surface area contributed by atoms with Gasteiger partial charge in [0.25, 0.3) is 0 Å². The fraction of sp³-hybridized carbons (Fsp3) is 0.500. The molecule has 0 bridgehead atoms. The molecule has 1 aliphatic carbocycles. The molecule has 0 N–H and O–H groups in total. The van der Waals surface area contributed by atoms with Crippen molar-refractivity contribution in [1.29, 1.82) is 0 Å². The van der Waals surface area contributed by atoms with Gasteiger partial charge in [-0.05, 0) is 44.6 Å². The maximum Gasteiger partial charge on any atom is -0.0230 e. The molecule has 0 fully saturated rings. The molecule has 1 radical (unpaired) electrons. The Balaban J connectivity index is 2.31. The van der Waals surface area contributed by atoms with E-state index < -0.39 is 0 Å². The number of allylic oxidation sites excluding steroid dienone is 6. The highest BCUT2D eigenvalue weighted by molar-refractivity contribution is 4.96. The van der Waals surface area contributed by atoms with Gasteiger partial charge < -0.3 is 0 Å². The van der Waals surface area contributed by atoms with Crippen molar-refractivity contribution >= 4 is 0 Å². The molecule has 0 aromatic carbocycles. The second-order valence-corrected chi connectivity index (χ2v) is 3.11. The molecule has 0 heterocycles. The number of hydrogen-bond donors (Lipinski definition) is 0. The Morgan fingerprint density at radius 1 is 0.750 bits per heavy atom. The molecule has 1 rings (SSSR count). The molecular weight excluding hydrogens is 144 g/mol. The topological polar surface area (TPSA) is 0 Å². The van der Waals surface area contributed by atoms with Gasteiger partial charge in [-0.1, -0.05) is 30.4 Å². The summed E-state index contributed by atoms with van der Waals surface area (Å²) in [7, 11) is 0. The summed E-state index contributed by atoms with van der Waals surface area (Å²) in [5, 5.41) is 0. The van der Waals surface area contributed by atoms with Gasteiger partial charge in [0.05, 0.1) is 0 Å². The standard InChI is InChI=1S/C12H17/c1-2-4-6-8-10-12-11-9-7-5-3-1/h1-2,7,11-12H,3-6,8,10H2/b2-1+,9-7?,12-11-. The lowest BCUT2D eigenvalue weighted by molar-refractivity contribution is 0.759. The van der Waals surface area contributed by atoms with Crippen molar-refractivity contribution in [2.45, 2.75) is 38.5 Å². The van der Waals surface area contributed by atoms with E-state index in [0.717, 1.165) is 6.42 Å². The molecule has 0 aliphatic heterocycles. The predicted molar refractivity (Wildman–Crippen MR) is 53.8 cm³/mol. The van der Waals surface area contributed by atoms with Gasteiger partial charge in [0.1, 0.15) is 0 Å². The Morgan fingerprint density at radius 2 is 1.50 bits per heavy atom. The molecule has 0 saturated carbocycles. The van der Waals surface area contributed by atoms with Crippen LogP contribution in [0.1, 0.15) is 38.5 Å². The van der Waals surface area contributed by atoms with E-state index in [1.54, 1.807) is 0 Å². The molecule has 0 heteroatoms. The van der Waals surface area contributed by atoms with Gasteiger partial charge in [-0.25, -0.2) is 0 Å². The summed E-state index contributed by atoms with van der Waals surface area (Å²) in [4.78, 5) is 0. The van der Waals surface area contributed by atoms with Crippen LogP contribution in [-0.4, -0.2) is 0 Å². The van der Waals surface area contributed by atoms with E-state index in [1.807, 2.05) is 6.08 Å². The van der Waals surface area contributed by atoms with E-state index in [-0.39, 0.29) is 0 Å². The minimum Gasteiger partial charge on any atom is -0.0885 e. The van der Waals surface area contributed by atoms with Crippen molar-refractivity contribution < 1.29 is 0 Å². The van der Waals surface area contributed by atoms with Crippen LogP contribution in [0, 0.1) is 6.08 Å². The van der Waals surface area contributed by atoms with Crippen LogP contribution in [0.2, 0.25) is 0 Å². The quantitative estimate of drug-likeness (QED) is 0.474. The van der Waals surface area contributed by atoms with Crippen LogP contribution in [-0.2, 0) is 0 Å². The fourth-order valence-electron chi connectivity index (χ4n) is 1.24. The molecule has 0 atom stereocenters. The molecule has 12 heavy (non-hydrogen) atoms. The molecule has 65 valence electrons. The lowest BCUT2D eigenvalue weighted by atomic mass is 10.1. The second-order valence-electron chi connectivity index (χ2n) is 3.11. The van der Waals surface area contributed by atoms with Crippen LogP contribution in [0.4, 0.5) is 0 Å². The average Bonchev–Trinajstić information content (AvgIpc) is 2.05. The lowest BCUT2D eigenvalue weighted by Gasteiger charge is -1.94. The third-order valence-electron chi connectivity index (χ3n) is 1.97. The molecule has 0 amide bonds. The average molecular weight is 161 g/mol.